The van der Waals surface area contributed by atoms with Gasteiger partial charge in [-0.25, -0.2) is 9.59 Å². The second kappa shape index (κ2) is 27.9. The highest BCUT2D eigenvalue weighted by Crippen LogP contribution is 2.12. The molecule has 0 aliphatic rings. The molecule has 0 fully saturated rings. The highest BCUT2D eigenvalue weighted by molar-refractivity contribution is 5.78. The molecule has 11 nitrogen and oxygen atoms in total. The summed E-state index contributed by atoms with van der Waals surface area (Å²) in [5, 5.41) is 0. The van der Waals surface area contributed by atoms with Crippen LogP contribution in [-0.4, -0.2) is 151 Å². The lowest BCUT2D eigenvalue weighted by Crippen LogP contribution is -2.41. The van der Waals surface area contributed by atoms with Crippen LogP contribution in [0.1, 0.15) is 80.6 Å². The summed E-state index contributed by atoms with van der Waals surface area (Å²) in [5.41, 5.74) is -1.04. The van der Waals surface area contributed by atoms with Crippen molar-refractivity contribution in [2.45, 2.75) is 92.3 Å². The summed E-state index contributed by atoms with van der Waals surface area (Å²) in [4.78, 5) is 31.7. The number of esters is 2. The van der Waals surface area contributed by atoms with Gasteiger partial charge < -0.3 is 33.3 Å². The van der Waals surface area contributed by atoms with Crippen LogP contribution in [0, 0.1) is 0 Å². The van der Waals surface area contributed by atoms with Crippen LogP contribution >= 0.6 is 0 Å². The van der Waals surface area contributed by atoms with E-state index in [0.717, 1.165) is 64.9 Å². The topological polar surface area (TPSA) is 99.2 Å². The van der Waals surface area contributed by atoms with Crippen LogP contribution in [-0.2, 0) is 38.0 Å². The predicted molar refractivity (Wildman–Crippen MR) is 175 cm³/mol. The van der Waals surface area contributed by atoms with Gasteiger partial charge in [-0.3, -0.25) is 9.80 Å². The highest BCUT2D eigenvalue weighted by Gasteiger charge is 2.30. The van der Waals surface area contributed by atoms with Gasteiger partial charge in [0.2, 0.25) is 0 Å². The molecule has 0 saturated carbocycles. The molecular formula is C33H67N3O8. The van der Waals surface area contributed by atoms with Crippen molar-refractivity contribution in [1.82, 2.24) is 14.7 Å². The van der Waals surface area contributed by atoms with Gasteiger partial charge in [-0.15, -0.1) is 0 Å². The van der Waals surface area contributed by atoms with Gasteiger partial charge in [-0.1, -0.05) is 33.6 Å². The number of carbonyl (C=O) groups excluding carboxylic acids is 2. The first-order valence-electron chi connectivity index (χ1n) is 17.0. The second-order valence-electron chi connectivity index (χ2n) is 11.7. The average molecular weight is 634 g/mol. The van der Waals surface area contributed by atoms with Crippen LogP contribution in [0.25, 0.3) is 0 Å². The maximum absolute atomic E-state index is 12.7. The standard InChI is InChI=1S/C33H67N3O8/c1-9-13-15-35(19-24-39-12-4)22-28-43-32(38)33(6,7)44-29-18-34(8)17-26-41-30(5)31(37)42-27-21-36(16-14-10-2)20-25-40-23-11-3/h30H,9-29H2,1-8H3. The lowest BCUT2D eigenvalue weighted by atomic mass is 10.1. The van der Waals surface area contributed by atoms with Crippen molar-refractivity contribution in [3.05, 3.63) is 0 Å². The fraction of sp³-hybridized carbons (Fsp3) is 0.939. The average Bonchev–Trinajstić information content (AvgIpc) is 2.99. The Morgan fingerprint density at radius 3 is 1.75 bits per heavy atom. The number of nitrogens with zero attached hydrogens (tertiary/aromatic N) is 3. The zero-order chi connectivity index (χ0) is 33.1. The minimum atomic E-state index is -1.04. The van der Waals surface area contributed by atoms with Crippen molar-refractivity contribution in [3.63, 3.8) is 0 Å². The molecule has 0 aromatic rings. The molecule has 0 amide bonds. The van der Waals surface area contributed by atoms with Gasteiger partial charge in [-0.2, -0.15) is 0 Å². The van der Waals surface area contributed by atoms with Gasteiger partial charge in [0.15, 0.2) is 11.7 Å². The Bertz CT molecular complexity index is 698. The molecule has 0 spiro atoms. The summed E-state index contributed by atoms with van der Waals surface area (Å²) >= 11 is 0. The monoisotopic (exact) mass is 633 g/mol. The Morgan fingerprint density at radius 2 is 1.18 bits per heavy atom. The summed E-state index contributed by atoms with van der Waals surface area (Å²) in [7, 11) is 1.95. The number of hydrogen-bond donors (Lipinski definition) is 0. The Labute approximate surface area is 269 Å². The van der Waals surface area contributed by atoms with E-state index >= 15 is 0 Å². The van der Waals surface area contributed by atoms with E-state index in [1.54, 1.807) is 20.8 Å². The first kappa shape index (κ1) is 42.7. The summed E-state index contributed by atoms with van der Waals surface area (Å²) in [6, 6.07) is 0. The van der Waals surface area contributed by atoms with Crippen LogP contribution in [0.15, 0.2) is 0 Å². The summed E-state index contributed by atoms with van der Waals surface area (Å²) in [6.45, 7) is 24.1. The quantitative estimate of drug-likeness (QED) is 0.0822. The molecule has 11 heteroatoms. The van der Waals surface area contributed by atoms with Gasteiger partial charge in [0.1, 0.15) is 13.2 Å². The normalized spacial score (nSPS) is 12.8. The van der Waals surface area contributed by atoms with Gasteiger partial charge >= 0.3 is 11.9 Å². The van der Waals surface area contributed by atoms with Crippen LogP contribution in [0.2, 0.25) is 0 Å². The lowest BCUT2D eigenvalue weighted by molar-refractivity contribution is -0.169. The third kappa shape index (κ3) is 23.1. The largest absolute Gasteiger partial charge is 0.462 e. The zero-order valence-electron chi connectivity index (χ0n) is 29.5. The van der Waals surface area contributed by atoms with Crippen molar-refractivity contribution in [3.8, 4) is 0 Å². The molecule has 0 rings (SSSR count). The van der Waals surface area contributed by atoms with Crippen molar-refractivity contribution >= 4 is 11.9 Å². The summed E-state index contributed by atoms with van der Waals surface area (Å²) in [5.74, 6) is -0.717. The lowest BCUT2D eigenvalue weighted by Gasteiger charge is -2.26. The molecule has 262 valence electrons. The predicted octanol–water partition coefficient (Wildman–Crippen LogP) is 3.87. The number of rotatable bonds is 31. The van der Waals surface area contributed by atoms with Crippen molar-refractivity contribution in [2.75, 3.05) is 112 Å². The van der Waals surface area contributed by atoms with E-state index in [4.69, 9.17) is 28.4 Å². The van der Waals surface area contributed by atoms with Gasteiger partial charge in [0.25, 0.3) is 0 Å². The highest BCUT2D eigenvalue weighted by atomic mass is 16.6. The first-order chi connectivity index (χ1) is 21.1. The molecule has 0 saturated heterocycles. The van der Waals surface area contributed by atoms with Crippen molar-refractivity contribution in [2.24, 2.45) is 0 Å². The minimum absolute atomic E-state index is 0.324. The van der Waals surface area contributed by atoms with E-state index in [0.29, 0.717) is 72.4 Å². The molecule has 0 N–H and O–H groups in total. The minimum Gasteiger partial charge on any atom is -0.462 e. The van der Waals surface area contributed by atoms with Crippen molar-refractivity contribution < 1.29 is 38.0 Å². The molecule has 0 aliphatic carbocycles. The van der Waals surface area contributed by atoms with Crippen LogP contribution in [0.4, 0.5) is 0 Å². The number of ether oxygens (including phenoxy) is 6. The van der Waals surface area contributed by atoms with E-state index in [1.165, 1.54) is 0 Å². The Hall–Kier alpha value is -1.34. The summed E-state index contributed by atoms with van der Waals surface area (Å²) in [6.07, 6.45) is 4.82. The third-order valence-corrected chi connectivity index (χ3v) is 7.20. The third-order valence-electron chi connectivity index (χ3n) is 7.20. The smallest absolute Gasteiger partial charge is 0.337 e. The molecule has 0 heterocycles. The molecule has 0 aromatic carbocycles. The maximum Gasteiger partial charge on any atom is 0.337 e. The van der Waals surface area contributed by atoms with E-state index < -0.39 is 11.7 Å². The molecule has 1 unspecified atom stereocenters. The number of likely N-dealkylation sites (N-methyl/N-ethyl adjacent to an activating group) is 1. The first-order valence-corrected chi connectivity index (χ1v) is 17.0. The Kier molecular flexibility index (Phi) is 27.1. The number of hydrogen-bond acceptors (Lipinski definition) is 11. The van der Waals surface area contributed by atoms with E-state index in [1.807, 2.05) is 18.9 Å². The number of unbranched alkanes of at least 4 members (excludes halogenated alkanes) is 2. The molecule has 0 bridgehead atoms. The molecule has 0 aromatic heterocycles. The van der Waals surface area contributed by atoms with Crippen LogP contribution in [0.5, 0.6) is 0 Å². The maximum atomic E-state index is 12.7. The van der Waals surface area contributed by atoms with Gasteiger partial charge in [0, 0.05) is 52.5 Å². The fourth-order valence-electron chi connectivity index (χ4n) is 4.13. The van der Waals surface area contributed by atoms with Gasteiger partial charge in [0.05, 0.1) is 26.4 Å². The summed E-state index contributed by atoms with van der Waals surface area (Å²) < 4.78 is 33.7. The molecule has 44 heavy (non-hydrogen) atoms. The molecule has 1 atom stereocenters. The zero-order valence-corrected chi connectivity index (χ0v) is 29.5. The Morgan fingerprint density at radius 1 is 0.636 bits per heavy atom. The van der Waals surface area contributed by atoms with E-state index in [9.17, 15) is 9.59 Å². The second-order valence-corrected chi connectivity index (χ2v) is 11.7. The van der Waals surface area contributed by atoms with E-state index in [-0.39, 0.29) is 11.9 Å². The van der Waals surface area contributed by atoms with Gasteiger partial charge in [-0.05, 0) is 67.1 Å². The van der Waals surface area contributed by atoms with E-state index in [2.05, 4.69) is 30.6 Å². The molecule has 0 radical (unpaired) electrons. The Balaban J connectivity index is 4.23. The van der Waals surface area contributed by atoms with Crippen LogP contribution in [0.3, 0.4) is 0 Å². The van der Waals surface area contributed by atoms with Crippen molar-refractivity contribution in [1.29, 1.82) is 0 Å². The molecular weight excluding hydrogens is 566 g/mol. The van der Waals surface area contributed by atoms with Crippen LogP contribution < -0.4 is 0 Å². The SMILES string of the molecule is CCCCN(CCOCCC)CCOC(=O)C(C)OCCN(C)CCOC(C)(C)C(=O)OCCN(CCCC)CCOCC. The fourth-order valence-corrected chi connectivity index (χ4v) is 4.13. The number of carbonyl (C=O) groups is 2. The molecule has 0 aliphatic heterocycles.